The fourth-order valence-electron chi connectivity index (χ4n) is 3.52. The van der Waals surface area contributed by atoms with Gasteiger partial charge in [0.1, 0.15) is 11.5 Å². The van der Waals surface area contributed by atoms with Gasteiger partial charge in [0.2, 0.25) is 5.91 Å². The molecule has 6 nitrogen and oxygen atoms in total. The third-order valence-electron chi connectivity index (χ3n) is 5.06. The molecule has 0 aromatic heterocycles. The number of ether oxygens (including phenoxy) is 3. The van der Waals surface area contributed by atoms with Crippen molar-refractivity contribution in [3.8, 4) is 11.5 Å². The van der Waals surface area contributed by atoms with E-state index in [-0.39, 0.29) is 11.9 Å². The smallest absolute Gasteiger partial charge is 0.224 e. The van der Waals surface area contributed by atoms with E-state index in [9.17, 15) is 4.79 Å². The highest BCUT2D eigenvalue weighted by Gasteiger charge is 2.23. The summed E-state index contributed by atoms with van der Waals surface area (Å²) in [6.45, 7) is 6.24. The maximum Gasteiger partial charge on any atom is 0.224 e. The summed E-state index contributed by atoms with van der Waals surface area (Å²) in [7, 11) is 1.67. The van der Waals surface area contributed by atoms with E-state index in [1.807, 2.05) is 49.4 Å². The predicted molar refractivity (Wildman–Crippen MR) is 112 cm³/mol. The van der Waals surface area contributed by atoms with Gasteiger partial charge in [0, 0.05) is 19.6 Å². The minimum Gasteiger partial charge on any atom is -0.497 e. The molecule has 1 unspecified atom stereocenters. The second-order valence-electron chi connectivity index (χ2n) is 7.00. The van der Waals surface area contributed by atoms with Crippen molar-refractivity contribution in [1.82, 2.24) is 10.2 Å². The van der Waals surface area contributed by atoms with E-state index in [0.717, 1.165) is 35.7 Å². The molecular formula is C23H30N2O4. The predicted octanol–water partition coefficient (Wildman–Crippen LogP) is 2.83. The quantitative estimate of drug-likeness (QED) is 0.704. The normalized spacial score (nSPS) is 15.5. The van der Waals surface area contributed by atoms with E-state index in [1.165, 1.54) is 0 Å². The number of morpholine rings is 1. The summed E-state index contributed by atoms with van der Waals surface area (Å²) in [4.78, 5) is 14.9. The van der Waals surface area contributed by atoms with Crippen molar-refractivity contribution in [2.75, 3.05) is 46.6 Å². The average Bonchev–Trinajstić information content (AvgIpc) is 2.76. The Kier molecular flexibility index (Phi) is 7.90. The summed E-state index contributed by atoms with van der Waals surface area (Å²) in [6, 6.07) is 15.8. The molecule has 6 heteroatoms. The zero-order valence-electron chi connectivity index (χ0n) is 17.2. The molecule has 1 aliphatic rings. The minimum atomic E-state index is 0.00955. The standard InChI is InChI=1S/C23H30N2O4/c1-3-29-20-9-7-18(8-10-20)15-23(26)24-17-22(25-11-13-28-14-12-25)19-5-4-6-21(16-19)27-2/h4-10,16,22H,3,11-15,17H2,1-2H3,(H,24,26). The number of rotatable bonds is 9. The molecule has 2 aromatic carbocycles. The summed E-state index contributed by atoms with van der Waals surface area (Å²) >= 11 is 0. The van der Waals surface area contributed by atoms with E-state index >= 15 is 0 Å². The van der Waals surface area contributed by atoms with Crippen LogP contribution in [0.5, 0.6) is 11.5 Å². The SMILES string of the molecule is CCOc1ccc(CC(=O)NCC(c2cccc(OC)c2)N2CCOCC2)cc1. The average molecular weight is 399 g/mol. The molecule has 1 saturated heterocycles. The van der Waals surface area contributed by atoms with Crippen molar-refractivity contribution in [2.45, 2.75) is 19.4 Å². The number of methoxy groups -OCH3 is 1. The molecule has 0 spiro atoms. The fourth-order valence-corrected chi connectivity index (χ4v) is 3.52. The van der Waals surface area contributed by atoms with Crippen LogP contribution in [0.1, 0.15) is 24.1 Å². The van der Waals surface area contributed by atoms with Gasteiger partial charge in [-0.05, 0) is 42.3 Å². The van der Waals surface area contributed by atoms with Gasteiger partial charge in [-0.1, -0.05) is 24.3 Å². The van der Waals surface area contributed by atoms with Gasteiger partial charge in [0.25, 0.3) is 0 Å². The van der Waals surface area contributed by atoms with E-state index < -0.39 is 0 Å². The lowest BCUT2D eigenvalue weighted by atomic mass is 10.0. The van der Waals surface area contributed by atoms with Crippen molar-refractivity contribution in [1.29, 1.82) is 0 Å². The minimum absolute atomic E-state index is 0.00955. The highest BCUT2D eigenvalue weighted by molar-refractivity contribution is 5.78. The summed E-state index contributed by atoms with van der Waals surface area (Å²) in [6.07, 6.45) is 0.348. The molecule has 1 heterocycles. The van der Waals surface area contributed by atoms with E-state index in [2.05, 4.69) is 16.3 Å². The molecule has 1 N–H and O–H groups in total. The first-order valence-corrected chi connectivity index (χ1v) is 10.1. The third kappa shape index (κ3) is 6.21. The molecule has 0 radical (unpaired) electrons. The number of carbonyl (C=O) groups is 1. The molecule has 156 valence electrons. The number of hydrogen-bond acceptors (Lipinski definition) is 5. The van der Waals surface area contributed by atoms with Crippen LogP contribution in [0.2, 0.25) is 0 Å². The van der Waals surface area contributed by atoms with Gasteiger partial charge in [0.05, 0.1) is 39.4 Å². The molecule has 2 aromatic rings. The van der Waals surface area contributed by atoms with Crippen LogP contribution in [-0.2, 0) is 16.0 Å². The third-order valence-corrected chi connectivity index (χ3v) is 5.06. The maximum atomic E-state index is 12.6. The van der Waals surface area contributed by atoms with Gasteiger partial charge >= 0.3 is 0 Å². The molecule has 1 amide bonds. The molecule has 1 atom stereocenters. The van der Waals surface area contributed by atoms with Gasteiger partial charge in [-0.2, -0.15) is 0 Å². The number of amides is 1. The van der Waals surface area contributed by atoms with Crippen molar-refractivity contribution in [2.24, 2.45) is 0 Å². The van der Waals surface area contributed by atoms with Gasteiger partial charge in [-0.15, -0.1) is 0 Å². The molecule has 0 saturated carbocycles. The van der Waals surface area contributed by atoms with Crippen LogP contribution in [0.3, 0.4) is 0 Å². The summed E-state index contributed by atoms with van der Waals surface area (Å²) < 4.78 is 16.3. The molecule has 29 heavy (non-hydrogen) atoms. The number of nitrogens with zero attached hydrogens (tertiary/aromatic N) is 1. The van der Waals surface area contributed by atoms with E-state index in [4.69, 9.17) is 14.2 Å². The van der Waals surface area contributed by atoms with Crippen LogP contribution in [0.25, 0.3) is 0 Å². The fraction of sp³-hybridized carbons (Fsp3) is 0.435. The maximum absolute atomic E-state index is 12.6. The first kappa shape index (κ1) is 21.1. The first-order chi connectivity index (χ1) is 14.2. The summed E-state index contributed by atoms with van der Waals surface area (Å²) in [5.74, 6) is 1.65. The number of nitrogens with one attached hydrogen (secondary N) is 1. The molecule has 1 fully saturated rings. The van der Waals surface area contributed by atoms with Crippen LogP contribution in [0.15, 0.2) is 48.5 Å². The van der Waals surface area contributed by atoms with Crippen LogP contribution in [-0.4, -0.2) is 57.4 Å². The molecule has 0 aliphatic carbocycles. The van der Waals surface area contributed by atoms with Crippen LogP contribution in [0.4, 0.5) is 0 Å². The Morgan fingerprint density at radius 1 is 1.14 bits per heavy atom. The highest BCUT2D eigenvalue weighted by atomic mass is 16.5. The Balaban J connectivity index is 1.63. The number of hydrogen-bond donors (Lipinski definition) is 1. The number of carbonyl (C=O) groups excluding carboxylic acids is 1. The zero-order chi connectivity index (χ0) is 20.5. The Labute approximate surface area is 172 Å². The Morgan fingerprint density at radius 2 is 1.90 bits per heavy atom. The molecule has 1 aliphatic heterocycles. The first-order valence-electron chi connectivity index (χ1n) is 10.1. The lowest BCUT2D eigenvalue weighted by Crippen LogP contribution is -2.44. The largest absolute Gasteiger partial charge is 0.497 e. The van der Waals surface area contributed by atoms with Crippen molar-refractivity contribution in [3.63, 3.8) is 0 Å². The van der Waals surface area contributed by atoms with Crippen LogP contribution < -0.4 is 14.8 Å². The highest BCUT2D eigenvalue weighted by Crippen LogP contribution is 2.25. The summed E-state index contributed by atoms with van der Waals surface area (Å²) in [5, 5.41) is 3.11. The number of benzene rings is 2. The Morgan fingerprint density at radius 3 is 2.59 bits per heavy atom. The monoisotopic (exact) mass is 398 g/mol. The lowest BCUT2D eigenvalue weighted by Gasteiger charge is -2.35. The lowest BCUT2D eigenvalue weighted by molar-refractivity contribution is -0.120. The second kappa shape index (κ2) is 10.8. The van der Waals surface area contributed by atoms with Crippen molar-refractivity contribution >= 4 is 5.91 Å². The second-order valence-corrected chi connectivity index (χ2v) is 7.00. The van der Waals surface area contributed by atoms with E-state index in [0.29, 0.717) is 32.8 Å². The van der Waals surface area contributed by atoms with Gasteiger partial charge in [-0.3, -0.25) is 9.69 Å². The molecular weight excluding hydrogens is 368 g/mol. The van der Waals surface area contributed by atoms with E-state index in [1.54, 1.807) is 7.11 Å². The van der Waals surface area contributed by atoms with Gasteiger partial charge in [0.15, 0.2) is 0 Å². The zero-order valence-corrected chi connectivity index (χ0v) is 17.2. The topological polar surface area (TPSA) is 60.0 Å². The van der Waals surface area contributed by atoms with Gasteiger partial charge < -0.3 is 19.5 Å². The summed E-state index contributed by atoms with van der Waals surface area (Å²) in [5.41, 5.74) is 2.10. The van der Waals surface area contributed by atoms with Gasteiger partial charge in [-0.25, -0.2) is 0 Å². The van der Waals surface area contributed by atoms with Crippen molar-refractivity contribution < 1.29 is 19.0 Å². The molecule has 0 bridgehead atoms. The molecule has 3 rings (SSSR count). The Bertz CT molecular complexity index is 773. The van der Waals surface area contributed by atoms with Crippen molar-refractivity contribution in [3.05, 3.63) is 59.7 Å². The van der Waals surface area contributed by atoms with Crippen LogP contribution in [0, 0.1) is 0 Å². The van der Waals surface area contributed by atoms with Crippen LogP contribution >= 0.6 is 0 Å². The Hall–Kier alpha value is -2.57.